The Kier molecular flexibility index (Phi) is 10.1. The average Bonchev–Trinajstić information content (AvgIpc) is 3.44. The van der Waals surface area contributed by atoms with Crippen LogP contribution in [0.5, 0.6) is 11.8 Å². The number of likely N-dealkylation sites (tertiary alicyclic amines) is 1. The van der Waals surface area contributed by atoms with Crippen LogP contribution in [0.3, 0.4) is 0 Å². The van der Waals surface area contributed by atoms with Gasteiger partial charge in [-0.15, -0.1) is 0 Å². The van der Waals surface area contributed by atoms with Crippen molar-refractivity contribution in [2.45, 2.75) is 31.7 Å². The largest absolute Gasteiger partial charge is 0.508 e. The molecule has 2 saturated heterocycles. The van der Waals surface area contributed by atoms with Gasteiger partial charge in [0.25, 0.3) is 0 Å². The van der Waals surface area contributed by atoms with Gasteiger partial charge in [-0.05, 0) is 87.9 Å². The van der Waals surface area contributed by atoms with E-state index in [1.807, 2.05) is 54.2 Å². The lowest BCUT2D eigenvalue weighted by Crippen LogP contribution is -2.39. The first-order valence-electron chi connectivity index (χ1n) is 16.3. The monoisotopic (exact) mass is 660 g/mol. The van der Waals surface area contributed by atoms with Gasteiger partial charge in [-0.25, -0.2) is 4.39 Å². The highest BCUT2D eigenvalue weighted by Gasteiger charge is 2.26. The van der Waals surface area contributed by atoms with E-state index in [-0.39, 0.29) is 39.8 Å². The predicted molar refractivity (Wildman–Crippen MR) is 186 cm³/mol. The van der Waals surface area contributed by atoms with E-state index in [0.717, 1.165) is 30.2 Å². The molecule has 6 rings (SSSR count). The summed E-state index contributed by atoms with van der Waals surface area (Å²) in [6.07, 6.45) is 7.08. The van der Waals surface area contributed by atoms with Crippen molar-refractivity contribution in [1.29, 1.82) is 0 Å². The first kappa shape index (κ1) is 32.9. The summed E-state index contributed by atoms with van der Waals surface area (Å²) in [5.41, 5.74) is 0.763. The maximum atomic E-state index is 16.9. The minimum Gasteiger partial charge on any atom is -0.508 e. The number of fused-ring (bicyclic) bond motifs is 2. The third kappa shape index (κ3) is 7.30. The van der Waals surface area contributed by atoms with Crippen molar-refractivity contribution in [1.82, 2.24) is 24.7 Å². The van der Waals surface area contributed by atoms with Crippen LogP contribution in [-0.2, 0) is 4.79 Å². The van der Waals surface area contributed by atoms with E-state index >= 15 is 4.39 Å². The molecule has 2 fully saturated rings. The normalized spacial score (nSPS) is 18.0. The molecule has 11 heteroatoms. The molecule has 0 unspecified atom stereocenters. The minimum absolute atomic E-state index is 0.0150. The smallest absolute Gasteiger partial charge is 0.319 e. The third-order valence-corrected chi connectivity index (χ3v) is 9.39. The molecule has 1 atom stereocenters. The van der Waals surface area contributed by atoms with E-state index < -0.39 is 5.82 Å². The third-order valence-electron chi connectivity index (χ3n) is 9.09. The van der Waals surface area contributed by atoms with Gasteiger partial charge in [0, 0.05) is 55.8 Å². The molecule has 3 aromatic carbocycles. The number of hydrogen-bond acceptors (Lipinski definition) is 8. The number of halogens is 2. The van der Waals surface area contributed by atoms with E-state index in [1.54, 1.807) is 18.2 Å². The Morgan fingerprint density at radius 2 is 1.83 bits per heavy atom. The SMILES string of the molecule is CN(C)C/C=C/C(=O)N1CCCN(c2nc(OC[C@@H]3CCCN3C)nc3c(F)c(-c4cc(O)cc5ccccc45)c(Cl)cc23)CCC1. The van der Waals surface area contributed by atoms with Gasteiger partial charge >= 0.3 is 6.01 Å². The number of aromatic hydroxyl groups is 1. The number of hydrogen-bond donors (Lipinski definition) is 1. The van der Waals surface area contributed by atoms with Crippen molar-refractivity contribution in [3.05, 3.63) is 65.5 Å². The van der Waals surface area contributed by atoms with Gasteiger partial charge in [0.05, 0.1) is 5.02 Å². The first-order chi connectivity index (χ1) is 22.7. The number of anilines is 1. The quantitative estimate of drug-likeness (QED) is 0.232. The van der Waals surface area contributed by atoms with Gasteiger partial charge in [-0.3, -0.25) is 4.79 Å². The molecule has 4 aromatic rings. The summed E-state index contributed by atoms with van der Waals surface area (Å²) in [6.45, 7) is 4.54. The van der Waals surface area contributed by atoms with Gasteiger partial charge in [-0.2, -0.15) is 9.97 Å². The lowest BCUT2D eigenvalue weighted by molar-refractivity contribution is -0.126. The zero-order valence-electron chi connectivity index (χ0n) is 27.3. The van der Waals surface area contributed by atoms with Crippen molar-refractivity contribution in [2.75, 3.05) is 71.9 Å². The second kappa shape index (κ2) is 14.4. The Hall–Kier alpha value is -3.99. The Morgan fingerprint density at radius 1 is 1.06 bits per heavy atom. The highest BCUT2D eigenvalue weighted by Crippen LogP contribution is 2.42. The van der Waals surface area contributed by atoms with Crippen LogP contribution in [0.4, 0.5) is 10.2 Å². The van der Waals surface area contributed by atoms with Gasteiger partial charge in [0.2, 0.25) is 5.91 Å². The Morgan fingerprint density at radius 3 is 2.55 bits per heavy atom. The molecule has 1 amide bonds. The molecule has 2 aliphatic heterocycles. The average molecular weight is 661 g/mol. The summed E-state index contributed by atoms with van der Waals surface area (Å²) in [7, 11) is 6.01. The zero-order valence-corrected chi connectivity index (χ0v) is 28.0. The molecule has 0 radical (unpaired) electrons. The zero-order chi connectivity index (χ0) is 33.1. The van der Waals surface area contributed by atoms with Crippen LogP contribution >= 0.6 is 11.6 Å². The number of nitrogens with zero attached hydrogens (tertiary/aromatic N) is 6. The van der Waals surface area contributed by atoms with Gasteiger partial charge in [0.15, 0.2) is 5.82 Å². The molecule has 0 saturated carbocycles. The van der Waals surface area contributed by atoms with E-state index in [0.29, 0.717) is 68.9 Å². The Balaban J connectivity index is 1.37. The number of rotatable bonds is 8. The summed E-state index contributed by atoms with van der Waals surface area (Å²) in [5.74, 6) is -0.00323. The number of aromatic nitrogens is 2. The number of likely N-dealkylation sites (N-methyl/N-ethyl adjacent to an activating group) is 2. The number of amides is 1. The molecular weight excluding hydrogens is 619 g/mol. The van der Waals surface area contributed by atoms with Crippen LogP contribution in [0.1, 0.15) is 25.7 Å². The fourth-order valence-electron chi connectivity index (χ4n) is 6.61. The van der Waals surface area contributed by atoms with Gasteiger partial charge in [0.1, 0.15) is 23.7 Å². The summed E-state index contributed by atoms with van der Waals surface area (Å²) in [5, 5.41) is 12.8. The molecule has 2 aliphatic rings. The molecule has 0 aliphatic carbocycles. The number of phenols is 1. The summed E-state index contributed by atoms with van der Waals surface area (Å²) in [4.78, 5) is 30.6. The number of ether oxygens (including phenoxy) is 1. The molecule has 248 valence electrons. The second-order valence-corrected chi connectivity index (χ2v) is 13.2. The highest BCUT2D eigenvalue weighted by atomic mass is 35.5. The number of carbonyl (C=O) groups is 1. The molecule has 1 N–H and O–H groups in total. The Labute approximate surface area is 280 Å². The van der Waals surface area contributed by atoms with E-state index in [9.17, 15) is 9.90 Å². The topological polar surface area (TPSA) is 85.3 Å². The van der Waals surface area contributed by atoms with Crippen molar-refractivity contribution in [2.24, 2.45) is 0 Å². The van der Waals surface area contributed by atoms with Crippen LogP contribution < -0.4 is 9.64 Å². The standard InChI is InChI=1S/C36H42ClFN6O3/c1-41(2)14-7-13-31(46)43-16-8-18-44(19-9-17-43)35-29-22-30(37)32(28-21-26(45)20-24-10-4-5-12-27(24)28)33(38)34(29)39-36(40-35)47-23-25-11-6-15-42(25)3/h4-5,7,10,12-13,20-22,25,45H,6,8-9,11,14-19,23H2,1-3H3/b13-7+/t25-/m0/s1. The number of carbonyl (C=O) groups excluding carboxylic acids is 1. The van der Waals surface area contributed by atoms with Crippen molar-refractivity contribution in [3.63, 3.8) is 0 Å². The van der Waals surface area contributed by atoms with Gasteiger partial charge in [-0.1, -0.05) is 41.9 Å². The van der Waals surface area contributed by atoms with Crippen LogP contribution in [0.15, 0.2) is 54.6 Å². The summed E-state index contributed by atoms with van der Waals surface area (Å²) in [6, 6.07) is 12.8. The van der Waals surface area contributed by atoms with Crippen LogP contribution in [0, 0.1) is 5.82 Å². The van der Waals surface area contributed by atoms with Crippen LogP contribution in [-0.4, -0.2) is 109 Å². The number of phenolic OH excluding ortho intramolecular Hbond substituents is 1. The van der Waals surface area contributed by atoms with E-state index in [2.05, 4.69) is 21.8 Å². The number of benzene rings is 3. The molecule has 9 nitrogen and oxygen atoms in total. The van der Waals surface area contributed by atoms with Crippen molar-refractivity contribution in [3.8, 4) is 22.9 Å². The molecule has 1 aromatic heterocycles. The predicted octanol–water partition coefficient (Wildman–Crippen LogP) is 5.97. The molecule has 0 bridgehead atoms. The lowest BCUT2D eigenvalue weighted by atomic mass is 9.96. The summed E-state index contributed by atoms with van der Waals surface area (Å²) >= 11 is 6.90. The molecule has 0 spiro atoms. The van der Waals surface area contributed by atoms with Gasteiger partial charge < -0.3 is 29.4 Å². The van der Waals surface area contributed by atoms with Crippen LogP contribution in [0.25, 0.3) is 32.8 Å². The lowest BCUT2D eigenvalue weighted by Gasteiger charge is -2.31. The maximum absolute atomic E-state index is 16.9. The highest BCUT2D eigenvalue weighted by molar-refractivity contribution is 6.35. The van der Waals surface area contributed by atoms with E-state index in [4.69, 9.17) is 21.3 Å². The molecular formula is C36H42ClFN6O3. The fourth-order valence-corrected chi connectivity index (χ4v) is 6.90. The second-order valence-electron chi connectivity index (χ2n) is 12.8. The van der Waals surface area contributed by atoms with Crippen molar-refractivity contribution < 1.29 is 19.0 Å². The van der Waals surface area contributed by atoms with Crippen LogP contribution in [0.2, 0.25) is 5.02 Å². The molecule has 3 heterocycles. The Bertz CT molecular complexity index is 1790. The maximum Gasteiger partial charge on any atom is 0.319 e. The molecule has 47 heavy (non-hydrogen) atoms. The van der Waals surface area contributed by atoms with E-state index in [1.165, 1.54) is 6.07 Å². The first-order valence-corrected chi connectivity index (χ1v) is 16.7. The summed E-state index contributed by atoms with van der Waals surface area (Å²) < 4.78 is 23.0. The fraction of sp³-hybridized carbons (Fsp3) is 0.417. The van der Waals surface area contributed by atoms with Crippen molar-refractivity contribution >= 4 is 45.0 Å². The minimum atomic E-state index is -0.594.